The number of imidazole rings is 1. The molecule has 1 aromatic rings. The smallest absolute Gasteiger partial charge is 0.271 e. The predicted octanol–water partition coefficient (Wildman–Crippen LogP) is -1.32. The number of carbonyl (C=O) groups is 1. The molecular weight excluding hydrogens is 294 g/mol. The number of primary amides is 1. The van der Waals surface area contributed by atoms with Gasteiger partial charge in [0.1, 0.15) is 18.3 Å². The molecule has 6 N–H and O–H groups in total. The zero-order valence-electron chi connectivity index (χ0n) is 12.2. The lowest BCUT2D eigenvalue weighted by Gasteiger charge is -2.24. The van der Waals surface area contributed by atoms with Crippen LogP contribution in [0.1, 0.15) is 30.6 Å². The second-order valence-electron chi connectivity index (χ2n) is 5.67. The Morgan fingerprint density at radius 2 is 2.18 bits per heavy atom. The number of nitrogens with two attached hydrogens (primary N) is 2. The van der Waals surface area contributed by atoms with Gasteiger partial charge < -0.3 is 30.5 Å². The van der Waals surface area contributed by atoms with E-state index in [2.05, 4.69) is 10.4 Å². The molecule has 0 saturated carbocycles. The van der Waals surface area contributed by atoms with Crippen molar-refractivity contribution in [3.8, 4) is 0 Å². The molecule has 10 nitrogen and oxygen atoms in total. The van der Waals surface area contributed by atoms with Crippen molar-refractivity contribution in [3.05, 3.63) is 12.0 Å². The third kappa shape index (κ3) is 2.25. The van der Waals surface area contributed by atoms with Gasteiger partial charge in [-0.1, -0.05) is 0 Å². The molecule has 2 aliphatic rings. The fourth-order valence-electron chi connectivity index (χ4n) is 2.91. The molecule has 0 bridgehead atoms. The van der Waals surface area contributed by atoms with Gasteiger partial charge in [0.25, 0.3) is 5.91 Å². The maximum atomic E-state index is 11.4. The van der Waals surface area contributed by atoms with Gasteiger partial charge in [0.2, 0.25) is 0 Å². The van der Waals surface area contributed by atoms with Crippen LogP contribution in [0.2, 0.25) is 0 Å². The van der Waals surface area contributed by atoms with E-state index in [9.17, 15) is 9.90 Å². The maximum absolute atomic E-state index is 11.4. The highest BCUT2D eigenvalue weighted by Gasteiger charge is 2.56. The molecule has 22 heavy (non-hydrogen) atoms. The van der Waals surface area contributed by atoms with Crippen LogP contribution in [0.15, 0.2) is 6.33 Å². The number of nitrogens with one attached hydrogen (secondary N) is 1. The first kappa shape index (κ1) is 15.2. The summed E-state index contributed by atoms with van der Waals surface area (Å²) in [7, 11) is 0. The van der Waals surface area contributed by atoms with E-state index in [1.54, 1.807) is 13.8 Å². The van der Waals surface area contributed by atoms with Crippen LogP contribution in [0, 0.1) is 0 Å². The second kappa shape index (κ2) is 5.18. The van der Waals surface area contributed by atoms with Crippen LogP contribution in [0.3, 0.4) is 0 Å². The van der Waals surface area contributed by atoms with Gasteiger partial charge >= 0.3 is 0 Å². The SMILES string of the molecule is CC1(C)OC2C(CO)OC(n3cnc(C(N)=O)c3NN)C2O1. The molecule has 0 spiro atoms. The summed E-state index contributed by atoms with van der Waals surface area (Å²) in [6.45, 7) is 3.34. The molecule has 4 unspecified atom stereocenters. The van der Waals surface area contributed by atoms with Crippen LogP contribution in [-0.4, -0.2) is 51.3 Å². The number of aliphatic hydroxyl groups excluding tert-OH is 1. The number of aliphatic hydroxyl groups is 1. The molecule has 1 amide bonds. The highest BCUT2D eigenvalue weighted by molar-refractivity contribution is 5.95. The quantitative estimate of drug-likeness (QED) is 0.395. The number of hydrazine groups is 1. The Balaban J connectivity index is 1.97. The minimum absolute atomic E-state index is 0.00623. The van der Waals surface area contributed by atoms with Crippen molar-refractivity contribution in [2.45, 2.75) is 44.2 Å². The van der Waals surface area contributed by atoms with E-state index < -0.39 is 36.2 Å². The molecule has 0 aromatic carbocycles. The fourth-order valence-corrected chi connectivity index (χ4v) is 2.91. The summed E-state index contributed by atoms with van der Waals surface area (Å²) < 4.78 is 18.9. The van der Waals surface area contributed by atoms with Gasteiger partial charge in [0.15, 0.2) is 23.5 Å². The molecular formula is C12H19N5O5. The molecule has 2 aliphatic heterocycles. The molecule has 2 saturated heterocycles. The van der Waals surface area contributed by atoms with Crippen LogP contribution in [0.5, 0.6) is 0 Å². The number of aromatic nitrogens is 2. The van der Waals surface area contributed by atoms with Crippen molar-refractivity contribution in [2.75, 3.05) is 12.0 Å². The Kier molecular flexibility index (Phi) is 3.57. The molecule has 0 aliphatic carbocycles. The van der Waals surface area contributed by atoms with Crippen LogP contribution in [-0.2, 0) is 14.2 Å². The van der Waals surface area contributed by atoms with Crippen molar-refractivity contribution in [2.24, 2.45) is 11.6 Å². The Morgan fingerprint density at radius 3 is 2.77 bits per heavy atom. The van der Waals surface area contributed by atoms with E-state index >= 15 is 0 Å². The van der Waals surface area contributed by atoms with Crippen molar-refractivity contribution in [1.82, 2.24) is 9.55 Å². The van der Waals surface area contributed by atoms with Gasteiger partial charge in [-0.3, -0.25) is 9.36 Å². The first-order valence-corrected chi connectivity index (χ1v) is 6.83. The van der Waals surface area contributed by atoms with E-state index in [-0.39, 0.29) is 18.1 Å². The third-order valence-corrected chi connectivity index (χ3v) is 3.74. The molecule has 3 rings (SSSR count). The molecule has 3 heterocycles. The average molecular weight is 313 g/mol. The Hall–Kier alpha value is -1.72. The summed E-state index contributed by atoms with van der Waals surface area (Å²) in [6, 6.07) is 0. The number of hydrogen-bond donors (Lipinski definition) is 4. The van der Waals surface area contributed by atoms with Gasteiger partial charge in [-0.05, 0) is 13.8 Å². The summed E-state index contributed by atoms with van der Waals surface area (Å²) in [5.74, 6) is 4.16. The van der Waals surface area contributed by atoms with Crippen molar-refractivity contribution >= 4 is 11.7 Å². The summed E-state index contributed by atoms with van der Waals surface area (Å²) in [6.07, 6.45) is -0.743. The monoisotopic (exact) mass is 313 g/mol. The van der Waals surface area contributed by atoms with Gasteiger partial charge in [0.05, 0.1) is 12.9 Å². The zero-order chi connectivity index (χ0) is 16.1. The van der Waals surface area contributed by atoms with E-state index in [4.69, 9.17) is 25.8 Å². The lowest BCUT2D eigenvalue weighted by Crippen LogP contribution is -2.31. The lowest BCUT2D eigenvalue weighted by molar-refractivity contribution is -0.199. The van der Waals surface area contributed by atoms with E-state index in [0.717, 1.165) is 0 Å². The van der Waals surface area contributed by atoms with Gasteiger partial charge in [-0.2, -0.15) is 0 Å². The van der Waals surface area contributed by atoms with Gasteiger partial charge in [-0.25, -0.2) is 10.8 Å². The summed E-state index contributed by atoms with van der Waals surface area (Å²) >= 11 is 0. The Bertz CT molecular complexity index is 588. The number of nitrogens with zero attached hydrogens (tertiary/aromatic N) is 2. The van der Waals surface area contributed by atoms with E-state index in [1.165, 1.54) is 10.9 Å². The van der Waals surface area contributed by atoms with Crippen LogP contribution in [0.4, 0.5) is 5.82 Å². The largest absolute Gasteiger partial charge is 0.394 e. The van der Waals surface area contributed by atoms with Crippen molar-refractivity contribution in [1.29, 1.82) is 0 Å². The minimum atomic E-state index is -0.797. The highest BCUT2D eigenvalue weighted by Crippen LogP contribution is 2.43. The van der Waals surface area contributed by atoms with Crippen molar-refractivity contribution < 1.29 is 24.1 Å². The number of carbonyl (C=O) groups excluding carboxylic acids is 1. The van der Waals surface area contributed by atoms with Gasteiger partial charge in [-0.15, -0.1) is 0 Å². The topological polar surface area (TPSA) is 147 Å². The van der Waals surface area contributed by atoms with Crippen LogP contribution >= 0.6 is 0 Å². The minimum Gasteiger partial charge on any atom is -0.394 e. The molecule has 122 valence electrons. The van der Waals surface area contributed by atoms with E-state index in [0.29, 0.717) is 0 Å². The molecule has 1 aromatic heterocycles. The summed E-state index contributed by atoms with van der Waals surface area (Å²) in [5.41, 5.74) is 7.65. The standard InChI is InChI=1S/C12H19N5O5/c1-12(2)21-7-5(3-18)20-11(8(7)22-12)17-4-15-6(9(13)19)10(17)16-14/h4-5,7-8,11,16,18H,3,14H2,1-2H3,(H2,13,19). The predicted molar refractivity (Wildman–Crippen MR) is 73.4 cm³/mol. The highest BCUT2D eigenvalue weighted by atomic mass is 16.8. The average Bonchev–Trinajstić information content (AvgIpc) is 3.08. The number of hydrogen-bond acceptors (Lipinski definition) is 8. The van der Waals surface area contributed by atoms with Crippen molar-refractivity contribution in [3.63, 3.8) is 0 Å². The van der Waals surface area contributed by atoms with E-state index in [1.807, 2.05) is 0 Å². The number of amides is 1. The van der Waals surface area contributed by atoms with Crippen LogP contribution < -0.4 is 17.0 Å². The second-order valence-corrected chi connectivity index (χ2v) is 5.67. The first-order valence-electron chi connectivity index (χ1n) is 6.83. The third-order valence-electron chi connectivity index (χ3n) is 3.74. The number of anilines is 1. The Labute approximate surface area is 126 Å². The first-order chi connectivity index (χ1) is 10.4. The maximum Gasteiger partial charge on any atom is 0.271 e. The zero-order valence-corrected chi connectivity index (χ0v) is 12.2. The number of ether oxygens (including phenoxy) is 3. The summed E-state index contributed by atoms with van der Waals surface area (Å²) in [5, 5.41) is 9.47. The summed E-state index contributed by atoms with van der Waals surface area (Å²) in [4.78, 5) is 15.3. The van der Waals surface area contributed by atoms with Crippen LogP contribution in [0.25, 0.3) is 0 Å². The normalized spacial score (nSPS) is 32.9. The molecule has 2 fully saturated rings. The van der Waals surface area contributed by atoms with Gasteiger partial charge in [0, 0.05) is 0 Å². The Morgan fingerprint density at radius 1 is 1.50 bits per heavy atom. The molecule has 10 heteroatoms. The molecule has 0 radical (unpaired) electrons. The number of rotatable bonds is 4. The lowest BCUT2D eigenvalue weighted by atomic mass is 10.1. The fraction of sp³-hybridized carbons (Fsp3) is 0.667. The molecule has 4 atom stereocenters. The number of nitrogen functional groups attached to an aromatic ring is 1. The number of fused-ring (bicyclic) bond motifs is 1.